The summed E-state index contributed by atoms with van der Waals surface area (Å²) < 4.78 is 15.5. The number of methoxy groups -OCH3 is 2. The Balaban J connectivity index is 1.77. The SMILES string of the molecule is COc1cc(-c2nccc(-c3cccc(-c4ccc(COC(N)=O)c(OC)n4)c3Cl)c2Cl)ccc1C=O. The van der Waals surface area contributed by atoms with E-state index in [2.05, 4.69) is 9.97 Å². The van der Waals surface area contributed by atoms with Gasteiger partial charge in [-0.2, -0.15) is 0 Å². The standard InChI is InChI=1S/C27H21Cl2N3O5/c1-35-22-12-15(6-7-16(22)13-33)25-24(29)19(10-11-31-25)18-4-3-5-20(23(18)28)21-9-8-17(14-37-27(30)34)26(32-21)36-2/h3-13H,14H2,1-2H3,(H2,30,34). The summed E-state index contributed by atoms with van der Waals surface area (Å²) in [6.07, 6.45) is 1.46. The topological polar surface area (TPSA) is 114 Å². The number of hydrogen-bond donors (Lipinski definition) is 1. The minimum atomic E-state index is -0.895. The second-order valence-electron chi connectivity index (χ2n) is 7.74. The average molecular weight is 538 g/mol. The molecule has 0 bridgehead atoms. The van der Waals surface area contributed by atoms with Crippen LogP contribution in [0.25, 0.3) is 33.6 Å². The minimum Gasteiger partial charge on any atom is -0.496 e. The summed E-state index contributed by atoms with van der Waals surface area (Å²) in [6.45, 7) is -0.0758. The molecule has 4 rings (SSSR count). The number of carbonyl (C=O) groups is 2. The number of rotatable bonds is 8. The predicted octanol–water partition coefficient (Wildman–Crippen LogP) is 6.21. The first-order valence-electron chi connectivity index (χ1n) is 10.9. The molecule has 0 radical (unpaired) electrons. The molecule has 10 heteroatoms. The fourth-order valence-corrected chi connectivity index (χ4v) is 4.45. The number of nitrogens with two attached hydrogens (primary N) is 1. The third kappa shape index (κ3) is 5.35. The third-order valence-electron chi connectivity index (χ3n) is 5.59. The minimum absolute atomic E-state index is 0.0758. The highest BCUT2D eigenvalue weighted by Crippen LogP contribution is 2.42. The lowest BCUT2D eigenvalue weighted by Gasteiger charge is -2.15. The number of nitrogens with zero attached hydrogens (tertiary/aromatic N) is 2. The van der Waals surface area contributed by atoms with E-state index in [1.54, 1.807) is 42.6 Å². The Hall–Kier alpha value is -4.14. The van der Waals surface area contributed by atoms with Gasteiger partial charge in [0.15, 0.2) is 6.29 Å². The van der Waals surface area contributed by atoms with Crippen molar-refractivity contribution in [2.24, 2.45) is 5.73 Å². The van der Waals surface area contributed by atoms with Crippen molar-refractivity contribution in [1.29, 1.82) is 0 Å². The molecule has 0 saturated heterocycles. The van der Waals surface area contributed by atoms with Crippen molar-refractivity contribution in [2.45, 2.75) is 6.61 Å². The van der Waals surface area contributed by atoms with Crippen LogP contribution in [0.3, 0.4) is 0 Å². The molecule has 188 valence electrons. The van der Waals surface area contributed by atoms with Gasteiger partial charge in [0.2, 0.25) is 5.88 Å². The van der Waals surface area contributed by atoms with Gasteiger partial charge in [0.1, 0.15) is 12.4 Å². The fraction of sp³-hybridized carbons (Fsp3) is 0.111. The van der Waals surface area contributed by atoms with Gasteiger partial charge < -0.3 is 19.9 Å². The maximum Gasteiger partial charge on any atom is 0.404 e. The van der Waals surface area contributed by atoms with Crippen LogP contribution in [0, 0.1) is 0 Å². The average Bonchev–Trinajstić information content (AvgIpc) is 2.92. The molecule has 0 aliphatic carbocycles. The van der Waals surface area contributed by atoms with Crippen molar-refractivity contribution in [3.05, 3.63) is 82.0 Å². The van der Waals surface area contributed by atoms with Gasteiger partial charge in [-0.15, -0.1) is 0 Å². The number of primary amides is 1. The zero-order chi connectivity index (χ0) is 26.5. The van der Waals surface area contributed by atoms with Crippen LogP contribution in [0.4, 0.5) is 4.79 Å². The monoisotopic (exact) mass is 537 g/mol. The van der Waals surface area contributed by atoms with Gasteiger partial charge in [-0.25, -0.2) is 9.78 Å². The van der Waals surface area contributed by atoms with Gasteiger partial charge in [0.25, 0.3) is 0 Å². The van der Waals surface area contributed by atoms with Crippen molar-refractivity contribution >= 4 is 35.6 Å². The molecule has 0 spiro atoms. The van der Waals surface area contributed by atoms with E-state index in [1.807, 2.05) is 18.2 Å². The number of ether oxygens (including phenoxy) is 3. The number of hydrogen-bond acceptors (Lipinski definition) is 7. The molecule has 2 aromatic heterocycles. The Bertz CT molecular complexity index is 1490. The van der Waals surface area contributed by atoms with E-state index in [-0.39, 0.29) is 12.5 Å². The molecule has 2 heterocycles. The number of aromatic nitrogens is 2. The van der Waals surface area contributed by atoms with Crippen molar-refractivity contribution in [3.63, 3.8) is 0 Å². The highest BCUT2D eigenvalue weighted by molar-refractivity contribution is 6.39. The molecule has 4 aromatic rings. The molecular formula is C27H21Cl2N3O5. The van der Waals surface area contributed by atoms with Crippen LogP contribution in [0.5, 0.6) is 11.6 Å². The van der Waals surface area contributed by atoms with Gasteiger partial charge in [0, 0.05) is 28.5 Å². The molecule has 2 aromatic carbocycles. The van der Waals surface area contributed by atoms with E-state index in [0.29, 0.717) is 60.6 Å². The van der Waals surface area contributed by atoms with E-state index in [0.717, 1.165) is 6.29 Å². The second-order valence-corrected chi connectivity index (χ2v) is 8.49. The Labute approximate surface area is 222 Å². The highest BCUT2D eigenvalue weighted by atomic mass is 35.5. The highest BCUT2D eigenvalue weighted by Gasteiger charge is 2.18. The molecule has 0 fully saturated rings. The summed E-state index contributed by atoms with van der Waals surface area (Å²) in [4.78, 5) is 31.2. The number of halogens is 2. The Morgan fingerprint density at radius 1 is 0.973 bits per heavy atom. The van der Waals surface area contributed by atoms with Crippen LogP contribution in [0.1, 0.15) is 15.9 Å². The van der Waals surface area contributed by atoms with Gasteiger partial charge in [-0.3, -0.25) is 9.78 Å². The zero-order valence-electron chi connectivity index (χ0n) is 19.8. The number of aldehydes is 1. The lowest BCUT2D eigenvalue weighted by Crippen LogP contribution is -2.13. The third-order valence-corrected chi connectivity index (χ3v) is 6.38. The molecule has 0 unspecified atom stereocenters. The first-order chi connectivity index (χ1) is 17.9. The van der Waals surface area contributed by atoms with Crippen LogP contribution in [0.2, 0.25) is 10.0 Å². The van der Waals surface area contributed by atoms with E-state index in [4.69, 9.17) is 43.1 Å². The number of amides is 1. The van der Waals surface area contributed by atoms with E-state index in [9.17, 15) is 9.59 Å². The van der Waals surface area contributed by atoms with Crippen LogP contribution >= 0.6 is 23.2 Å². The number of pyridine rings is 2. The van der Waals surface area contributed by atoms with Gasteiger partial charge in [-0.05, 0) is 30.3 Å². The number of benzene rings is 2. The van der Waals surface area contributed by atoms with Crippen molar-refractivity contribution in [1.82, 2.24) is 9.97 Å². The quantitative estimate of drug-likeness (QED) is 0.265. The van der Waals surface area contributed by atoms with Crippen LogP contribution in [0.15, 0.2) is 60.8 Å². The largest absolute Gasteiger partial charge is 0.496 e. The summed E-state index contributed by atoms with van der Waals surface area (Å²) >= 11 is 13.7. The summed E-state index contributed by atoms with van der Waals surface area (Å²) in [5, 5.41) is 0.804. The van der Waals surface area contributed by atoms with Crippen LogP contribution < -0.4 is 15.2 Å². The summed E-state index contributed by atoms with van der Waals surface area (Å²) in [5.41, 5.74) is 9.75. The first-order valence-corrected chi connectivity index (χ1v) is 11.7. The molecule has 0 atom stereocenters. The normalized spacial score (nSPS) is 10.6. The van der Waals surface area contributed by atoms with Crippen molar-refractivity contribution in [2.75, 3.05) is 14.2 Å². The molecule has 37 heavy (non-hydrogen) atoms. The fourth-order valence-electron chi connectivity index (χ4n) is 3.80. The Morgan fingerprint density at radius 3 is 2.43 bits per heavy atom. The lowest BCUT2D eigenvalue weighted by atomic mass is 9.99. The summed E-state index contributed by atoms with van der Waals surface area (Å²) in [6, 6.07) is 15.9. The van der Waals surface area contributed by atoms with Crippen LogP contribution in [-0.2, 0) is 11.3 Å². The zero-order valence-corrected chi connectivity index (χ0v) is 21.3. The van der Waals surface area contributed by atoms with E-state index < -0.39 is 6.09 Å². The first kappa shape index (κ1) is 25.9. The molecule has 0 aliphatic rings. The summed E-state index contributed by atoms with van der Waals surface area (Å²) in [5.74, 6) is 0.692. The molecule has 2 N–H and O–H groups in total. The van der Waals surface area contributed by atoms with Crippen molar-refractivity contribution < 1.29 is 23.8 Å². The molecular weight excluding hydrogens is 517 g/mol. The molecule has 0 aliphatic heterocycles. The lowest BCUT2D eigenvalue weighted by molar-refractivity contribution is 0.112. The Kier molecular flexibility index (Phi) is 7.91. The molecule has 8 nitrogen and oxygen atoms in total. The molecule has 1 amide bonds. The van der Waals surface area contributed by atoms with Crippen molar-refractivity contribution in [3.8, 4) is 45.3 Å². The van der Waals surface area contributed by atoms with E-state index in [1.165, 1.54) is 14.2 Å². The molecule has 0 saturated carbocycles. The number of carbonyl (C=O) groups excluding carboxylic acids is 2. The Morgan fingerprint density at radius 2 is 1.73 bits per heavy atom. The maximum absolute atomic E-state index is 11.3. The van der Waals surface area contributed by atoms with E-state index >= 15 is 0 Å². The second kappa shape index (κ2) is 11.3. The van der Waals surface area contributed by atoms with Gasteiger partial charge >= 0.3 is 6.09 Å². The van der Waals surface area contributed by atoms with Gasteiger partial charge in [-0.1, -0.05) is 47.5 Å². The van der Waals surface area contributed by atoms with Crippen LogP contribution in [-0.4, -0.2) is 36.6 Å². The van der Waals surface area contributed by atoms with Gasteiger partial charge in [0.05, 0.1) is 46.8 Å². The summed E-state index contributed by atoms with van der Waals surface area (Å²) in [7, 11) is 2.95. The smallest absolute Gasteiger partial charge is 0.404 e. The maximum atomic E-state index is 11.3. The predicted molar refractivity (Wildman–Crippen MR) is 141 cm³/mol.